The van der Waals surface area contributed by atoms with E-state index in [2.05, 4.69) is 34.6 Å². The second kappa shape index (κ2) is 8.89. The van der Waals surface area contributed by atoms with E-state index in [0.29, 0.717) is 38.6 Å². The van der Waals surface area contributed by atoms with Crippen molar-refractivity contribution in [1.82, 2.24) is 20.0 Å². The van der Waals surface area contributed by atoms with Gasteiger partial charge in [0.05, 0.1) is 6.61 Å². The molecule has 0 radical (unpaired) electrons. The average molecular weight is 397 g/mol. The molecule has 1 N–H and O–H groups in total. The minimum Gasteiger partial charge on any atom is -0.450 e. The quantitative estimate of drug-likeness (QED) is 0.853. The first-order valence-electron chi connectivity index (χ1n) is 9.78. The number of aromatic nitrogens is 2. The highest BCUT2D eigenvalue weighted by Gasteiger charge is 2.26. The molecule has 2 aromatic rings. The van der Waals surface area contributed by atoms with Crippen LogP contribution in [-0.2, 0) is 4.74 Å². The molecule has 1 aromatic heterocycles. The zero-order valence-electron chi connectivity index (χ0n) is 17.4. The van der Waals surface area contributed by atoms with Crippen molar-refractivity contribution >= 4 is 23.5 Å². The molecule has 1 aromatic carbocycles. The topological polar surface area (TPSA) is 87.7 Å². The van der Waals surface area contributed by atoms with Gasteiger partial charge in [0, 0.05) is 31.9 Å². The molecule has 0 bridgehead atoms. The molecule has 154 valence electrons. The predicted molar refractivity (Wildman–Crippen MR) is 110 cm³/mol. The standard InChI is InChI=1S/C21H27N5O3/c1-5-29-21(28)26-10-8-25(9-11-26)20(27)17-6-7-18(24-23-17)22-19-15(3)12-14(2)13-16(19)4/h6-7,12-13H,5,8-11H2,1-4H3,(H,22,24). The molecule has 0 saturated carbocycles. The first kappa shape index (κ1) is 20.6. The number of ether oxygens (including phenoxy) is 1. The van der Waals surface area contributed by atoms with Gasteiger partial charge < -0.3 is 19.9 Å². The van der Waals surface area contributed by atoms with E-state index in [4.69, 9.17) is 4.74 Å². The summed E-state index contributed by atoms with van der Waals surface area (Å²) in [6.07, 6.45) is -0.337. The normalized spacial score (nSPS) is 13.9. The Hall–Kier alpha value is -3.16. The number of nitrogens with one attached hydrogen (secondary N) is 1. The third-order valence-corrected chi connectivity index (χ3v) is 4.91. The van der Waals surface area contributed by atoms with Crippen LogP contribution in [0.2, 0.25) is 0 Å². The molecule has 2 heterocycles. The molecule has 2 amide bonds. The van der Waals surface area contributed by atoms with E-state index in [-0.39, 0.29) is 17.7 Å². The highest BCUT2D eigenvalue weighted by Crippen LogP contribution is 2.24. The van der Waals surface area contributed by atoms with E-state index >= 15 is 0 Å². The maximum Gasteiger partial charge on any atom is 0.409 e. The molecule has 3 rings (SSSR count). The van der Waals surface area contributed by atoms with Crippen LogP contribution in [0.15, 0.2) is 24.3 Å². The lowest BCUT2D eigenvalue weighted by atomic mass is 10.1. The molecule has 0 atom stereocenters. The third kappa shape index (κ3) is 4.82. The zero-order chi connectivity index (χ0) is 21.0. The van der Waals surface area contributed by atoms with Crippen molar-refractivity contribution in [2.75, 3.05) is 38.1 Å². The molecule has 0 spiro atoms. The first-order chi connectivity index (χ1) is 13.9. The largest absolute Gasteiger partial charge is 0.450 e. The Bertz CT molecular complexity index is 867. The van der Waals surface area contributed by atoms with E-state index in [9.17, 15) is 9.59 Å². The van der Waals surface area contributed by atoms with E-state index in [1.165, 1.54) is 5.56 Å². The fourth-order valence-corrected chi connectivity index (χ4v) is 3.49. The number of piperazine rings is 1. The lowest BCUT2D eigenvalue weighted by Gasteiger charge is -2.33. The SMILES string of the molecule is CCOC(=O)N1CCN(C(=O)c2ccc(Nc3c(C)cc(C)cc3C)nn2)CC1. The number of carbonyl (C=O) groups is 2. The van der Waals surface area contributed by atoms with Gasteiger partial charge in [0.1, 0.15) is 0 Å². The molecule has 29 heavy (non-hydrogen) atoms. The van der Waals surface area contributed by atoms with Gasteiger partial charge in [-0.1, -0.05) is 17.7 Å². The van der Waals surface area contributed by atoms with Gasteiger partial charge in [-0.05, 0) is 51.0 Å². The number of aryl methyl sites for hydroxylation is 3. The van der Waals surface area contributed by atoms with Crippen LogP contribution in [-0.4, -0.2) is 64.8 Å². The summed E-state index contributed by atoms with van der Waals surface area (Å²) in [6.45, 7) is 10.1. The minimum atomic E-state index is -0.337. The fraction of sp³-hybridized carbons (Fsp3) is 0.429. The van der Waals surface area contributed by atoms with E-state index in [0.717, 1.165) is 16.8 Å². The number of hydrogen-bond acceptors (Lipinski definition) is 6. The van der Waals surface area contributed by atoms with Crippen molar-refractivity contribution in [3.8, 4) is 0 Å². The molecule has 1 aliphatic heterocycles. The minimum absolute atomic E-state index is 0.185. The summed E-state index contributed by atoms with van der Waals surface area (Å²) in [7, 11) is 0. The Morgan fingerprint density at radius 1 is 1.00 bits per heavy atom. The highest BCUT2D eigenvalue weighted by molar-refractivity contribution is 5.92. The van der Waals surface area contributed by atoms with Crippen LogP contribution in [0.3, 0.4) is 0 Å². The Labute approximate surface area is 170 Å². The van der Waals surface area contributed by atoms with Crippen molar-refractivity contribution in [3.05, 3.63) is 46.6 Å². The third-order valence-electron chi connectivity index (χ3n) is 4.91. The summed E-state index contributed by atoms with van der Waals surface area (Å²) >= 11 is 0. The summed E-state index contributed by atoms with van der Waals surface area (Å²) < 4.78 is 5.00. The van der Waals surface area contributed by atoms with Gasteiger partial charge in [-0.15, -0.1) is 10.2 Å². The van der Waals surface area contributed by atoms with Gasteiger partial charge in [0.15, 0.2) is 11.5 Å². The van der Waals surface area contributed by atoms with Crippen LogP contribution in [0.25, 0.3) is 0 Å². The molecule has 1 fully saturated rings. The number of nitrogens with zero attached hydrogens (tertiary/aromatic N) is 4. The Morgan fingerprint density at radius 2 is 1.62 bits per heavy atom. The van der Waals surface area contributed by atoms with Gasteiger partial charge in [-0.25, -0.2) is 4.79 Å². The second-order valence-electron chi connectivity index (χ2n) is 7.18. The summed E-state index contributed by atoms with van der Waals surface area (Å²) in [5, 5.41) is 11.6. The van der Waals surface area contributed by atoms with Crippen LogP contribution < -0.4 is 5.32 Å². The first-order valence-corrected chi connectivity index (χ1v) is 9.78. The number of benzene rings is 1. The molecule has 1 saturated heterocycles. The summed E-state index contributed by atoms with van der Waals surface area (Å²) in [6, 6.07) is 7.65. The van der Waals surface area contributed by atoms with Crippen LogP contribution in [0, 0.1) is 20.8 Å². The number of rotatable bonds is 4. The highest BCUT2D eigenvalue weighted by atomic mass is 16.6. The van der Waals surface area contributed by atoms with E-state index in [1.54, 1.807) is 28.9 Å². The smallest absolute Gasteiger partial charge is 0.409 e. The summed E-state index contributed by atoms with van der Waals surface area (Å²) in [5.41, 5.74) is 4.75. The maximum absolute atomic E-state index is 12.7. The lowest BCUT2D eigenvalue weighted by Crippen LogP contribution is -2.50. The lowest BCUT2D eigenvalue weighted by molar-refractivity contribution is 0.0565. The van der Waals surface area contributed by atoms with Gasteiger partial charge in [0.25, 0.3) is 5.91 Å². The van der Waals surface area contributed by atoms with Gasteiger partial charge in [0.2, 0.25) is 0 Å². The predicted octanol–water partition coefficient (Wildman–Crippen LogP) is 3.06. The summed E-state index contributed by atoms with van der Waals surface area (Å²) in [5.74, 6) is 0.402. The molecule has 0 aliphatic carbocycles. The zero-order valence-corrected chi connectivity index (χ0v) is 17.4. The van der Waals surface area contributed by atoms with Crippen molar-refractivity contribution in [3.63, 3.8) is 0 Å². The fourth-order valence-electron chi connectivity index (χ4n) is 3.49. The second-order valence-corrected chi connectivity index (χ2v) is 7.18. The van der Waals surface area contributed by atoms with Gasteiger partial charge in [-0.3, -0.25) is 4.79 Å². The van der Waals surface area contributed by atoms with Crippen LogP contribution >= 0.6 is 0 Å². The number of carbonyl (C=O) groups excluding carboxylic acids is 2. The average Bonchev–Trinajstić information content (AvgIpc) is 2.71. The Kier molecular flexibility index (Phi) is 6.31. The van der Waals surface area contributed by atoms with Crippen molar-refractivity contribution in [1.29, 1.82) is 0 Å². The maximum atomic E-state index is 12.7. The molecule has 8 heteroatoms. The van der Waals surface area contributed by atoms with Gasteiger partial charge in [-0.2, -0.15) is 0 Å². The molecule has 0 unspecified atom stereocenters. The van der Waals surface area contributed by atoms with E-state index in [1.807, 2.05) is 13.8 Å². The Morgan fingerprint density at radius 3 is 2.17 bits per heavy atom. The van der Waals surface area contributed by atoms with Crippen LogP contribution in [0.5, 0.6) is 0 Å². The Balaban J connectivity index is 1.62. The van der Waals surface area contributed by atoms with Crippen molar-refractivity contribution in [2.24, 2.45) is 0 Å². The summed E-state index contributed by atoms with van der Waals surface area (Å²) in [4.78, 5) is 27.7. The molecule has 1 aliphatic rings. The van der Waals surface area contributed by atoms with Gasteiger partial charge >= 0.3 is 6.09 Å². The van der Waals surface area contributed by atoms with Crippen LogP contribution in [0.4, 0.5) is 16.3 Å². The van der Waals surface area contributed by atoms with Crippen molar-refractivity contribution < 1.29 is 14.3 Å². The van der Waals surface area contributed by atoms with Crippen LogP contribution in [0.1, 0.15) is 34.1 Å². The van der Waals surface area contributed by atoms with Crippen molar-refractivity contribution in [2.45, 2.75) is 27.7 Å². The van der Waals surface area contributed by atoms with E-state index < -0.39 is 0 Å². The molecule has 8 nitrogen and oxygen atoms in total. The number of hydrogen-bond donors (Lipinski definition) is 1. The number of anilines is 2. The molecular weight excluding hydrogens is 370 g/mol. The molecular formula is C21H27N5O3. The monoisotopic (exact) mass is 397 g/mol. The number of amides is 2.